The van der Waals surface area contributed by atoms with E-state index in [9.17, 15) is 13.2 Å². The molecule has 0 bridgehead atoms. The molecule has 2 heterocycles. The minimum Gasteiger partial charge on any atom is -0.468 e. The van der Waals surface area contributed by atoms with E-state index in [1.807, 2.05) is 24.3 Å². The summed E-state index contributed by atoms with van der Waals surface area (Å²) in [6, 6.07) is 17.2. The van der Waals surface area contributed by atoms with Crippen LogP contribution in [0.25, 0.3) is 0 Å². The Morgan fingerprint density at radius 3 is 2.74 bits per heavy atom. The Kier molecular flexibility index (Phi) is 4.55. The molecule has 1 aliphatic rings. The van der Waals surface area contributed by atoms with Crippen molar-refractivity contribution >= 4 is 21.6 Å². The highest BCUT2D eigenvalue weighted by atomic mass is 32.2. The molecule has 0 radical (unpaired) electrons. The zero-order chi connectivity index (χ0) is 18.9. The molecule has 7 heteroatoms. The molecular formula is C20H18N2O4S. The quantitative estimate of drug-likeness (QED) is 0.736. The Balaban J connectivity index is 1.56. The van der Waals surface area contributed by atoms with E-state index in [1.165, 1.54) is 18.4 Å². The van der Waals surface area contributed by atoms with Gasteiger partial charge in [-0.15, -0.1) is 0 Å². The maximum absolute atomic E-state index is 12.9. The lowest BCUT2D eigenvalue weighted by molar-refractivity contribution is 0.0989. The molecule has 1 aliphatic heterocycles. The third-order valence-electron chi connectivity index (χ3n) is 4.54. The fourth-order valence-electron chi connectivity index (χ4n) is 3.16. The SMILES string of the molecule is O=C(c1cccc(S(=O)(=O)NCc2ccco2)c1)N1CCc2ccccc21. The number of anilines is 1. The van der Waals surface area contributed by atoms with Gasteiger partial charge in [0.05, 0.1) is 17.7 Å². The Bertz CT molecular complexity index is 1070. The van der Waals surface area contributed by atoms with Crippen LogP contribution in [0.15, 0.2) is 76.2 Å². The number of amides is 1. The first-order chi connectivity index (χ1) is 13.0. The molecule has 27 heavy (non-hydrogen) atoms. The smallest absolute Gasteiger partial charge is 0.258 e. The molecule has 3 aromatic rings. The summed E-state index contributed by atoms with van der Waals surface area (Å²) in [5, 5.41) is 0. The van der Waals surface area contributed by atoms with Crippen LogP contribution >= 0.6 is 0 Å². The van der Waals surface area contributed by atoms with Crippen LogP contribution in [-0.4, -0.2) is 20.9 Å². The number of nitrogens with one attached hydrogen (secondary N) is 1. The van der Waals surface area contributed by atoms with Gasteiger partial charge in [0.25, 0.3) is 5.91 Å². The largest absolute Gasteiger partial charge is 0.468 e. The van der Waals surface area contributed by atoms with Crippen LogP contribution in [0.1, 0.15) is 21.7 Å². The molecule has 0 saturated carbocycles. The minimum absolute atomic E-state index is 0.0485. The average Bonchev–Trinajstić information content (AvgIpc) is 3.36. The predicted octanol–water partition coefficient (Wildman–Crippen LogP) is 2.96. The molecule has 2 aromatic carbocycles. The van der Waals surface area contributed by atoms with Crippen molar-refractivity contribution in [2.45, 2.75) is 17.9 Å². The number of hydrogen-bond donors (Lipinski definition) is 1. The molecule has 0 saturated heterocycles. The van der Waals surface area contributed by atoms with Gasteiger partial charge < -0.3 is 9.32 Å². The number of sulfonamides is 1. The van der Waals surface area contributed by atoms with Crippen LogP contribution in [0.3, 0.4) is 0 Å². The first-order valence-corrected chi connectivity index (χ1v) is 10.0. The molecule has 1 amide bonds. The van der Waals surface area contributed by atoms with Crippen molar-refractivity contribution in [2.24, 2.45) is 0 Å². The van der Waals surface area contributed by atoms with Crippen LogP contribution in [0.4, 0.5) is 5.69 Å². The van der Waals surface area contributed by atoms with Gasteiger partial charge in [-0.1, -0.05) is 24.3 Å². The van der Waals surface area contributed by atoms with Crippen LogP contribution in [0.5, 0.6) is 0 Å². The molecule has 0 atom stereocenters. The summed E-state index contributed by atoms with van der Waals surface area (Å²) in [5.74, 6) is 0.308. The number of hydrogen-bond acceptors (Lipinski definition) is 4. The maximum Gasteiger partial charge on any atom is 0.258 e. The van der Waals surface area contributed by atoms with Gasteiger partial charge in [0.1, 0.15) is 5.76 Å². The van der Waals surface area contributed by atoms with E-state index in [2.05, 4.69) is 4.72 Å². The highest BCUT2D eigenvalue weighted by Crippen LogP contribution is 2.29. The summed E-state index contributed by atoms with van der Waals surface area (Å²) >= 11 is 0. The van der Waals surface area contributed by atoms with Crippen molar-refractivity contribution in [3.05, 3.63) is 83.8 Å². The zero-order valence-corrected chi connectivity index (χ0v) is 15.3. The second-order valence-electron chi connectivity index (χ2n) is 6.27. The van der Waals surface area contributed by atoms with E-state index in [4.69, 9.17) is 4.42 Å². The van der Waals surface area contributed by atoms with Crippen molar-refractivity contribution in [3.63, 3.8) is 0 Å². The second-order valence-corrected chi connectivity index (χ2v) is 8.03. The standard InChI is InChI=1S/C20H18N2O4S/c23-20(22-11-10-15-5-1-2-9-19(15)22)16-6-3-8-18(13-16)27(24,25)21-14-17-7-4-12-26-17/h1-9,12-13,21H,10-11,14H2. The number of furan rings is 1. The number of rotatable bonds is 5. The van der Waals surface area contributed by atoms with Crippen LogP contribution in [-0.2, 0) is 23.0 Å². The zero-order valence-electron chi connectivity index (χ0n) is 14.5. The van der Waals surface area contributed by atoms with Gasteiger partial charge in [-0.25, -0.2) is 13.1 Å². The summed E-state index contributed by atoms with van der Waals surface area (Å²) in [5.41, 5.74) is 2.34. The first kappa shape index (κ1) is 17.5. The molecule has 0 aliphatic carbocycles. The first-order valence-electron chi connectivity index (χ1n) is 8.56. The summed E-state index contributed by atoms with van der Waals surface area (Å²) in [4.78, 5) is 14.7. The Morgan fingerprint density at radius 1 is 1.07 bits per heavy atom. The van der Waals surface area contributed by atoms with Gasteiger partial charge in [0, 0.05) is 17.8 Å². The van der Waals surface area contributed by atoms with Gasteiger partial charge in [0.2, 0.25) is 10.0 Å². The molecular weight excluding hydrogens is 364 g/mol. The molecule has 4 rings (SSSR count). The van der Waals surface area contributed by atoms with Crippen molar-refractivity contribution in [1.29, 1.82) is 0 Å². The van der Waals surface area contributed by atoms with E-state index in [1.54, 1.807) is 29.2 Å². The lowest BCUT2D eigenvalue weighted by atomic mass is 10.1. The Labute approximate surface area is 157 Å². The van der Waals surface area contributed by atoms with Crippen LogP contribution in [0.2, 0.25) is 0 Å². The number of carbonyl (C=O) groups is 1. The van der Waals surface area contributed by atoms with E-state index < -0.39 is 10.0 Å². The Morgan fingerprint density at radius 2 is 1.93 bits per heavy atom. The van der Waals surface area contributed by atoms with Crippen molar-refractivity contribution in [1.82, 2.24) is 4.72 Å². The monoisotopic (exact) mass is 382 g/mol. The van der Waals surface area contributed by atoms with E-state index in [-0.39, 0.29) is 17.3 Å². The number of benzene rings is 2. The van der Waals surface area contributed by atoms with Gasteiger partial charge in [-0.05, 0) is 48.4 Å². The fraction of sp³-hybridized carbons (Fsp3) is 0.150. The van der Waals surface area contributed by atoms with E-state index in [0.29, 0.717) is 17.9 Å². The van der Waals surface area contributed by atoms with Gasteiger partial charge >= 0.3 is 0 Å². The lowest BCUT2D eigenvalue weighted by Crippen LogP contribution is -2.29. The topological polar surface area (TPSA) is 79.6 Å². The summed E-state index contributed by atoms with van der Waals surface area (Å²) in [6.45, 7) is 0.638. The number of nitrogens with zero attached hydrogens (tertiary/aromatic N) is 1. The normalized spacial score (nSPS) is 13.6. The third kappa shape index (κ3) is 3.51. The van der Waals surface area contributed by atoms with Gasteiger partial charge in [-0.3, -0.25) is 4.79 Å². The van der Waals surface area contributed by atoms with Crippen LogP contribution < -0.4 is 9.62 Å². The van der Waals surface area contributed by atoms with Crippen LogP contribution in [0, 0.1) is 0 Å². The van der Waals surface area contributed by atoms with Crippen molar-refractivity contribution < 1.29 is 17.6 Å². The molecule has 6 nitrogen and oxygen atoms in total. The number of fused-ring (bicyclic) bond motifs is 1. The molecule has 1 N–H and O–H groups in total. The van der Waals surface area contributed by atoms with Gasteiger partial charge in [-0.2, -0.15) is 0 Å². The number of para-hydroxylation sites is 1. The number of carbonyl (C=O) groups excluding carboxylic acids is 1. The third-order valence-corrected chi connectivity index (χ3v) is 5.94. The second kappa shape index (κ2) is 7.02. The molecule has 0 spiro atoms. The molecule has 138 valence electrons. The maximum atomic E-state index is 12.9. The lowest BCUT2D eigenvalue weighted by Gasteiger charge is -2.17. The van der Waals surface area contributed by atoms with Crippen molar-refractivity contribution in [3.8, 4) is 0 Å². The molecule has 1 aromatic heterocycles. The molecule has 0 fully saturated rings. The highest BCUT2D eigenvalue weighted by Gasteiger charge is 2.26. The minimum atomic E-state index is -3.76. The summed E-state index contributed by atoms with van der Waals surface area (Å²) < 4.78 is 32.7. The summed E-state index contributed by atoms with van der Waals surface area (Å²) in [7, 11) is -3.76. The highest BCUT2D eigenvalue weighted by molar-refractivity contribution is 7.89. The average molecular weight is 382 g/mol. The Hall–Kier alpha value is -2.90. The van der Waals surface area contributed by atoms with Gasteiger partial charge in [0.15, 0.2) is 0 Å². The molecule has 0 unspecified atom stereocenters. The fourth-order valence-corrected chi connectivity index (χ4v) is 4.20. The van der Waals surface area contributed by atoms with E-state index in [0.717, 1.165) is 17.7 Å². The van der Waals surface area contributed by atoms with Crippen molar-refractivity contribution in [2.75, 3.05) is 11.4 Å². The summed E-state index contributed by atoms with van der Waals surface area (Å²) in [6.07, 6.45) is 2.28. The predicted molar refractivity (Wildman–Crippen MR) is 101 cm³/mol. The van der Waals surface area contributed by atoms with E-state index >= 15 is 0 Å².